The summed E-state index contributed by atoms with van der Waals surface area (Å²) in [4.78, 5) is 15.6. The normalized spacial score (nSPS) is 19.6. The minimum absolute atomic E-state index is 0.111. The van der Waals surface area contributed by atoms with Crippen LogP contribution >= 0.6 is 11.8 Å². The molecule has 0 saturated carbocycles. The molecule has 1 N–H and O–H groups in total. The number of fused-ring (bicyclic) bond motifs is 3. The summed E-state index contributed by atoms with van der Waals surface area (Å²) in [5, 5.41) is 11.4. The lowest BCUT2D eigenvalue weighted by molar-refractivity contribution is -0.141. The van der Waals surface area contributed by atoms with Crippen LogP contribution in [0.15, 0.2) is 23.4 Å². The van der Waals surface area contributed by atoms with Gasteiger partial charge in [0.05, 0.1) is 11.4 Å². The minimum Gasteiger partial charge on any atom is -0.481 e. The lowest BCUT2D eigenvalue weighted by Gasteiger charge is -2.13. The second-order valence-electron chi connectivity index (χ2n) is 5.00. The summed E-state index contributed by atoms with van der Waals surface area (Å²) < 4.78 is 2.25. The number of nitrogens with zero attached hydrogens (tertiary/aromatic N) is 2. The number of aromatic nitrogens is 2. The first kappa shape index (κ1) is 12.5. The number of thioether (sulfide) groups is 1. The maximum absolute atomic E-state index is 11.2. The molecule has 0 amide bonds. The SMILES string of the molecule is CSc1nccc2c1cc1n2CCC1C(C)C(=O)O. The van der Waals surface area contributed by atoms with Crippen molar-refractivity contribution in [3.05, 3.63) is 24.0 Å². The summed E-state index contributed by atoms with van der Waals surface area (Å²) in [6.07, 6.45) is 4.76. The van der Waals surface area contributed by atoms with Crippen LogP contribution in [0.4, 0.5) is 0 Å². The van der Waals surface area contributed by atoms with Crippen molar-refractivity contribution in [1.29, 1.82) is 0 Å². The van der Waals surface area contributed by atoms with E-state index in [1.165, 1.54) is 5.52 Å². The third kappa shape index (κ3) is 1.84. The number of carboxylic acids is 1. The molecule has 0 fully saturated rings. The van der Waals surface area contributed by atoms with Crippen molar-refractivity contribution in [2.75, 3.05) is 6.26 Å². The van der Waals surface area contributed by atoms with Gasteiger partial charge in [-0.15, -0.1) is 11.8 Å². The van der Waals surface area contributed by atoms with Gasteiger partial charge in [0.1, 0.15) is 5.03 Å². The fourth-order valence-electron chi connectivity index (χ4n) is 2.99. The molecule has 0 saturated heterocycles. The Hall–Kier alpha value is -1.49. The predicted octanol–water partition coefficient (Wildman–Crippen LogP) is 2.97. The van der Waals surface area contributed by atoms with Gasteiger partial charge in [-0.05, 0) is 24.8 Å². The summed E-state index contributed by atoms with van der Waals surface area (Å²) >= 11 is 1.63. The number of hydrogen-bond donors (Lipinski definition) is 1. The maximum atomic E-state index is 11.2. The van der Waals surface area contributed by atoms with Gasteiger partial charge in [-0.2, -0.15) is 0 Å². The van der Waals surface area contributed by atoms with Crippen molar-refractivity contribution in [2.45, 2.75) is 30.8 Å². The highest BCUT2D eigenvalue weighted by Gasteiger charge is 2.33. The largest absolute Gasteiger partial charge is 0.481 e. The van der Waals surface area contributed by atoms with Gasteiger partial charge in [-0.1, -0.05) is 6.92 Å². The molecule has 1 aliphatic heterocycles. The topological polar surface area (TPSA) is 55.1 Å². The van der Waals surface area contributed by atoms with Crippen molar-refractivity contribution < 1.29 is 9.90 Å². The standard InChI is InChI=1S/C14H16N2O2S/c1-8(14(17)18)9-4-6-16-11-3-5-15-13(19-2)10(11)7-12(9)16/h3,5,7-9H,4,6H2,1-2H3,(H,17,18). The second-order valence-corrected chi connectivity index (χ2v) is 5.79. The van der Waals surface area contributed by atoms with Crippen LogP contribution in [0.3, 0.4) is 0 Å². The van der Waals surface area contributed by atoms with E-state index in [9.17, 15) is 9.90 Å². The molecule has 0 radical (unpaired) electrons. The first-order valence-electron chi connectivity index (χ1n) is 6.38. The Bertz CT molecular complexity index is 650. The van der Waals surface area contributed by atoms with Gasteiger partial charge in [0.2, 0.25) is 0 Å². The van der Waals surface area contributed by atoms with Gasteiger partial charge in [-0.25, -0.2) is 4.98 Å². The van der Waals surface area contributed by atoms with E-state index in [2.05, 4.69) is 15.6 Å². The van der Waals surface area contributed by atoms with Crippen molar-refractivity contribution in [3.63, 3.8) is 0 Å². The Balaban J connectivity index is 2.14. The van der Waals surface area contributed by atoms with E-state index >= 15 is 0 Å². The Kier molecular flexibility index (Phi) is 3.01. The molecule has 100 valence electrons. The van der Waals surface area contributed by atoms with Crippen LogP contribution in [0.5, 0.6) is 0 Å². The van der Waals surface area contributed by atoms with Crippen LogP contribution in [-0.2, 0) is 11.3 Å². The predicted molar refractivity (Wildman–Crippen MR) is 75.7 cm³/mol. The molecule has 0 spiro atoms. The van der Waals surface area contributed by atoms with Crippen molar-refractivity contribution in [1.82, 2.24) is 9.55 Å². The molecule has 4 nitrogen and oxygen atoms in total. The molecule has 2 unspecified atom stereocenters. The van der Waals surface area contributed by atoms with E-state index in [1.807, 2.05) is 18.5 Å². The number of carboxylic acid groups (broad SMARTS) is 1. The number of aliphatic carboxylic acids is 1. The van der Waals surface area contributed by atoms with Gasteiger partial charge < -0.3 is 9.67 Å². The highest BCUT2D eigenvalue weighted by atomic mass is 32.2. The van der Waals surface area contributed by atoms with Gasteiger partial charge >= 0.3 is 5.97 Å². The fraction of sp³-hybridized carbons (Fsp3) is 0.429. The Morgan fingerprint density at radius 3 is 3.11 bits per heavy atom. The smallest absolute Gasteiger partial charge is 0.306 e. The summed E-state index contributed by atoms with van der Waals surface area (Å²) in [6, 6.07) is 4.15. The van der Waals surface area contributed by atoms with E-state index < -0.39 is 5.97 Å². The van der Waals surface area contributed by atoms with E-state index in [4.69, 9.17) is 0 Å². The molecule has 0 aromatic carbocycles. The van der Waals surface area contributed by atoms with Crippen LogP contribution < -0.4 is 0 Å². The molecular formula is C14H16N2O2S. The number of carbonyl (C=O) groups is 1. The number of aryl methyl sites for hydroxylation is 1. The average Bonchev–Trinajstić information content (AvgIpc) is 2.95. The van der Waals surface area contributed by atoms with Crippen molar-refractivity contribution in [3.8, 4) is 0 Å². The molecule has 2 atom stereocenters. The molecule has 3 heterocycles. The second kappa shape index (κ2) is 4.56. The third-order valence-corrected chi connectivity index (χ3v) is 4.77. The fourth-order valence-corrected chi connectivity index (χ4v) is 3.54. The maximum Gasteiger partial charge on any atom is 0.306 e. The number of pyridine rings is 1. The Labute approximate surface area is 115 Å². The monoisotopic (exact) mass is 276 g/mol. The lowest BCUT2D eigenvalue weighted by atomic mass is 9.90. The Morgan fingerprint density at radius 1 is 1.63 bits per heavy atom. The van der Waals surface area contributed by atoms with Crippen LogP contribution in [0.2, 0.25) is 0 Å². The molecule has 5 heteroatoms. The number of hydrogen-bond acceptors (Lipinski definition) is 3. The van der Waals surface area contributed by atoms with Crippen LogP contribution in [0, 0.1) is 5.92 Å². The van der Waals surface area contributed by atoms with Gasteiger partial charge in [0.25, 0.3) is 0 Å². The van der Waals surface area contributed by atoms with Crippen molar-refractivity contribution >= 4 is 28.6 Å². The van der Waals surface area contributed by atoms with E-state index in [0.29, 0.717) is 0 Å². The quantitative estimate of drug-likeness (QED) is 0.876. The van der Waals surface area contributed by atoms with Crippen molar-refractivity contribution in [2.24, 2.45) is 5.92 Å². The first-order chi connectivity index (χ1) is 9.13. The zero-order valence-electron chi connectivity index (χ0n) is 11.0. The van der Waals surface area contributed by atoms with Crippen LogP contribution in [-0.4, -0.2) is 26.9 Å². The van der Waals surface area contributed by atoms with Gasteiger partial charge in [0, 0.05) is 29.7 Å². The minimum atomic E-state index is -0.716. The first-order valence-corrected chi connectivity index (χ1v) is 7.61. The highest BCUT2D eigenvalue weighted by Crippen LogP contribution is 2.40. The Morgan fingerprint density at radius 2 is 2.42 bits per heavy atom. The molecule has 2 aromatic heterocycles. The molecule has 2 aromatic rings. The summed E-state index contributed by atoms with van der Waals surface area (Å²) in [6.45, 7) is 2.70. The average molecular weight is 276 g/mol. The van der Waals surface area contributed by atoms with E-state index in [1.54, 1.807) is 18.7 Å². The summed E-state index contributed by atoms with van der Waals surface area (Å²) in [7, 11) is 0. The third-order valence-electron chi connectivity index (χ3n) is 4.06. The zero-order chi connectivity index (χ0) is 13.6. The molecule has 0 aliphatic carbocycles. The molecule has 1 aliphatic rings. The van der Waals surface area contributed by atoms with E-state index in [0.717, 1.165) is 29.1 Å². The molecule has 3 rings (SSSR count). The highest BCUT2D eigenvalue weighted by molar-refractivity contribution is 7.98. The lowest BCUT2D eigenvalue weighted by Crippen LogP contribution is -2.17. The van der Waals surface area contributed by atoms with Crippen LogP contribution in [0.1, 0.15) is 25.0 Å². The summed E-state index contributed by atoms with van der Waals surface area (Å²) in [5.74, 6) is -0.942. The van der Waals surface area contributed by atoms with E-state index in [-0.39, 0.29) is 11.8 Å². The molecular weight excluding hydrogens is 260 g/mol. The molecule has 0 bridgehead atoms. The van der Waals surface area contributed by atoms with Gasteiger partial charge in [-0.3, -0.25) is 4.79 Å². The number of rotatable bonds is 3. The zero-order valence-corrected chi connectivity index (χ0v) is 11.8. The summed E-state index contributed by atoms with van der Waals surface area (Å²) in [5.41, 5.74) is 2.32. The molecule has 19 heavy (non-hydrogen) atoms. The van der Waals surface area contributed by atoms with Gasteiger partial charge in [0.15, 0.2) is 0 Å². The van der Waals surface area contributed by atoms with Crippen LogP contribution in [0.25, 0.3) is 10.9 Å².